The van der Waals surface area contributed by atoms with E-state index in [1.807, 2.05) is 11.8 Å². The molecule has 3 nitrogen and oxygen atoms in total. The van der Waals surface area contributed by atoms with Crippen molar-refractivity contribution < 1.29 is 14.3 Å². The van der Waals surface area contributed by atoms with Crippen molar-refractivity contribution in [2.24, 2.45) is 5.41 Å². The standard InChI is InChI=1S/C14H24O3S/c1-3-17-13(16)14(10-7-11-18-4-2)9-6-5-8-12(14)15/h3-11H2,1-2H3. The van der Waals surface area contributed by atoms with Crippen molar-refractivity contribution in [1.82, 2.24) is 0 Å². The van der Waals surface area contributed by atoms with Gasteiger partial charge in [0.05, 0.1) is 6.61 Å². The van der Waals surface area contributed by atoms with E-state index >= 15 is 0 Å². The Morgan fingerprint density at radius 2 is 2.17 bits per heavy atom. The van der Waals surface area contributed by atoms with Crippen LogP contribution in [0.4, 0.5) is 0 Å². The Labute approximate surface area is 114 Å². The van der Waals surface area contributed by atoms with E-state index < -0.39 is 5.41 Å². The lowest BCUT2D eigenvalue weighted by molar-refractivity contribution is -0.162. The fourth-order valence-corrected chi connectivity index (χ4v) is 3.20. The molecule has 0 heterocycles. The maximum Gasteiger partial charge on any atom is 0.319 e. The molecule has 0 aromatic rings. The maximum atomic E-state index is 12.2. The first-order chi connectivity index (χ1) is 8.67. The van der Waals surface area contributed by atoms with E-state index in [-0.39, 0.29) is 11.8 Å². The Morgan fingerprint density at radius 1 is 1.39 bits per heavy atom. The van der Waals surface area contributed by atoms with E-state index in [2.05, 4.69) is 6.92 Å². The van der Waals surface area contributed by atoms with E-state index in [1.165, 1.54) is 0 Å². The summed E-state index contributed by atoms with van der Waals surface area (Å²) < 4.78 is 5.15. The number of esters is 1. The predicted molar refractivity (Wildman–Crippen MR) is 74.8 cm³/mol. The average molecular weight is 272 g/mol. The zero-order valence-corrected chi connectivity index (χ0v) is 12.3. The molecule has 0 bridgehead atoms. The van der Waals surface area contributed by atoms with E-state index in [4.69, 9.17) is 4.74 Å². The molecule has 0 aromatic carbocycles. The van der Waals surface area contributed by atoms with E-state index in [1.54, 1.807) is 6.92 Å². The summed E-state index contributed by atoms with van der Waals surface area (Å²) in [5, 5.41) is 0. The molecule has 1 fully saturated rings. The van der Waals surface area contributed by atoms with Crippen molar-refractivity contribution in [1.29, 1.82) is 0 Å². The van der Waals surface area contributed by atoms with Gasteiger partial charge in [-0.1, -0.05) is 13.3 Å². The van der Waals surface area contributed by atoms with Crippen LogP contribution in [0, 0.1) is 5.41 Å². The minimum absolute atomic E-state index is 0.105. The van der Waals surface area contributed by atoms with Gasteiger partial charge in [-0.25, -0.2) is 0 Å². The summed E-state index contributed by atoms with van der Waals surface area (Å²) in [6.45, 7) is 4.28. The van der Waals surface area contributed by atoms with Crippen LogP contribution in [-0.2, 0) is 14.3 Å². The molecular formula is C14H24O3S. The zero-order chi connectivity index (χ0) is 13.4. The Morgan fingerprint density at radius 3 is 2.78 bits per heavy atom. The Balaban J connectivity index is 2.67. The molecule has 4 heteroatoms. The summed E-state index contributed by atoms with van der Waals surface area (Å²) >= 11 is 1.86. The minimum Gasteiger partial charge on any atom is -0.465 e. The van der Waals surface area contributed by atoms with E-state index in [9.17, 15) is 9.59 Å². The van der Waals surface area contributed by atoms with Crippen LogP contribution in [0.3, 0.4) is 0 Å². The molecule has 104 valence electrons. The third-order valence-corrected chi connectivity index (χ3v) is 4.54. The topological polar surface area (TPSA) is 43.4 Å². The number of ether oxygens (including phenoxy) is 1. The predicted octanol–water partition coefficient (Wildman–Crippen LogP) is 3.21. The quantitative estimate of drug-likeness (QED) is 0.405. The molecule has 0 N–H and O–H groups in total. The largest absolute Gasteiger partial charge is 0.465 e. The fraction of sp³-hybridized carbons (Fsp3) is 0.857. The molecule has 0 saturated heterocycles. The normalized spacial score (nSPS) is 24.0. The molecule has 1 saturated carbocycles. The van der Waals surface area contributed by atoms with Crippen LogP contribution in [0.25, 0.3) is 0 Å². The summed E-state index contributed by atoms with van der Waals surface area (Å²) in [5.74, 6) is 1.93. The molecule has 18 heavy (non-hydrogen) atoms. The van der Waals surface area contributed by atoms with Gasteiger partial charge in [-0.3, -0.25) is 9.59 Å². The molecule has 1 rings (SSSR count). The fourth-order valence-electron chi connectivity index (χ4n) is 2.56. The third-order valence-electron chi connectivity index (χ3n) is 3.55. The van der Waals surface area contributed by atoms with Crippen LogP contribution >= 0.6 is 11.8 Å². The molecule has 1 atom stereocenters. The van der Waals surface area contributed by atoms with Gasteiger partial charge in [0.15, 0.2) is 0 Å². The lowest BCUT2D eigenvalue weighted by Gasteiger charge is -2.33. The summed E-state index contributed by atoms with van der Waals surface area (Å²) in [7, 11) is 0. The van der Waals surface area contributed by atoms with Gasteiger partial charge in [-0.15, -0.1) is 0 Å². The van der Waals surface area contributed by atoms with Gasteiger partial charge in [0.1, 0.15) is 11.2 Å². The van der Waals surface area contributed by atoms with Crippen LogP contribution in [-0.4, -0.2) is 29.9 Å². The average Bonchev–Trinajstić information content (AvgIpc) is 2.37. The molecule has 1 aliphatic carbocycles. The summed E-state index contributed by atoms with van der Waals surface area (Å²) in [5.41, 5.74) is -0.817. The molecule has 1 unspecified atom stereocenters. The second-order valence-corrected chi connectivity index (χ2v) is 6.13. The first kappa shape index (κ1) is 15.5. The highest BCUT2D eigenvalue weighted by molar-refractivity contribution is 7.99. The van der Waals surface area contributed by atoms with Gasteiger partial charge in [-0.05, 0) is 44.1 Å². The first-order valence-corrected chi connectivity index (χ1v) is 8.11. The van der Waals surface area contributed by atoms with Crippen LogP contribution < -0.4 is 0 Å². The smallest absolute Gasteiger partial charge is 0.319 e. The highest BCUT2D eigenvalue weighted by atomic mass is 32.2. The van der Waals surface area contributed by atoms with Gasteiger partial charge in [0.2, 0.25) is 0 Å². The van der Waals surface area contributed by atoms with Gasteiger partial charge in [0.25, 0.3) is 0 Å². The number of carbonyl (C=O) groups excluding carboxylic acids is 2. The lowest BCUT2D eigenvalue weighted by Crippen LogP contribution is -2.43. The molecule has 0 amide bonds. The monoisotopic (exact) mass is 272 g/mol. The van der Waals surface area contributed by atoms with Crippen molar-refractivity contribution in [3.8, 4) is 0 Å². The number of ketones is 1. The van der Waals surface area contributed by atoms with Crippen LogP contribution in [0.15, 0.2) is 0 Å². The molecule has 1 aliphatic rings. The summed E-state index contributed by atoms with van der Waals surface area (Å²) in [4.78, 5) is 24.3. The van der Waals surface area contributed by atoms with Crippen molar-refractivity contribution in [3.63, 3.8) is 0 Å². The van der Waals surface area contributed by atoms with Crippen LogP contribution in [0.1, 0.15) is 52.4 Å². The van der Waals surface area contributed by atoms with Crippen molar-refractivity contribution >= 4 is 23.5 Å². The maximum absolute atomic E-state index is 12.2. The van der Waals surface area contributed by atoms with Gasteiger partial charge in [-0.2, -0.15) is 11.8 Å². The number of rotatable bonds is 7. The molecule has 0 radical (unpaired) electrons. The van der Waals surface area contributed by atoms with Crippen LogP contribution in [0.2, 0.25) is 0 Å². The van der Waals surface area contributed by atoms with Crippen LogP contribution in [0.5, 0.6) is 0 Å². The Hall–Kier alpha value is -0.510. The van der Waals surface area contributed by atoms with Gasteiger partial charge in [0, 0.05) is 6.42 Å². The third kappa shape index (κ3) is 3.74. The number of hydrogen-bond acceptors (Lipinski definition) is 4. The van der Waals surface area contributed by atoms with Crippen molar-refractivity contribution in [2.75, 3.05) is 18.1 Å². The Bertz CT molecular complexity index is 291. The van der Waals surface area contributed by atoms with E-state index in [0.29, 0.717) is 25.9 Å². The zero-order valence-electron chi connectivity index (χ0n) is 11.5. The highest BCUT2D eigenvalue weighted by Gasteiger charge is 2.47. The molecular weight excluding hydrogens is 248 g/mol. The second-order valence-electron chi connectivity index (χ2n) is 4.73. The van der Waals surface area contributed by atoms with Crippen molar-refractivity contribution in [3.05, 3.63) is 0 Å². The molecule has 0 aliphatic heterocycles. The second kappa shape index (κ2) is 7.82. The van der Waals surface area contributed by atoms with E-state index in [0.717, 1.165) is 30.8 Å². The Kier molecular flexibility index (Phi) is 6.76. The number of Topliss-reactive ketones (excluding diaryl/α,β-unsaturated/α-hetero) is 1. The molecule has 0 spiro atoms. The lowest BCUT2D eigenvalue weighted by atomic mass is 9.70. The van der Waals surface area contributed by atoms with Gasteiger partial charge < -0.3 is 4.74 Å². The number of carbonyl (C=O) groups is 2. The first-order valence-electron chi connectivity index (χ1n) is 6.95. The van der Waals surface area contributed by atoms with Gasteiger partial charge >= 0.3 is 5.97 Å². The SMILES string of the molecule is CCOC(=O)C1(CCCSCC)CCCCC1=O. The van der Waals surface area contributed by atoms with Crippen molar-refractivity contribution in [2.45, 2.75) is 52.4 Å². The summed E-state index contributed by atoms with van der Waals surface area (Å²) in [6, 6.07) is 0. The minimum atomic E-state index is -0.817. The highest BCUT2D eigenvalue weighted by Crippen LogP contribution is 2.39. The molecule has 0 aromatic heterocycles. The summed E-state index contributed by atoms with van der Waals surface area (Å²) in [6.07, 6.45) is 4.69. The number of hydrogen-bond donors (Lipinski definition) is 0. The number of thioether (sulfide) groups is 1.